The fourth-order valence-corrected chi connectivity index (χ4v) is 3.23. The molecular formula is C18H16BrClN2O2. The normalized spacial score (nSPS) is 12.3. The molecule has 0 radical (unpaired) electrons. The van der Waals surface area contributed by atoms with Gasteiger partial charge in [0.25, 0.3) is 5.91 Å². The molecule has 1 aromatic heterocycles. The number of aliphatic hydroxyl groups is 1. The van der Waals surface area contributed by atoms with Gasteiger partial charge in [-0.3, -0.25) is 4.79 Å². The van der Waals surface area contributed by atoms with Gasteiger partial charge in [-0.15, -0.1) is 0 Å². The Morgan fingerprint density at radius 2 is 2.08 bits per heavy atom. The third kappa shape index (κ3) is 3.64. The van der Waals surface area contributed by atoms with Crippen LogP contribution >= 0.6 is 27.5 Å². The number of fused-ring (bicyclic) bond motifs is 1. The molecule has 3 N–H and O–H groups in total. The molecule has 6 heteroatoms. The van der Waals surface area contributed by atoms with Gasteiger partial charge in [0.05, 0.1) is 23.2 Å². The highest BCUT2D eigenvalue weighted by atomic mass is 79.9. The van der Waals surface area contributed by atoms with Gasteiger partial charge in [-0.2, -0.15) is 0 Å². The van der Waals surface area contributed by atoms with Crippen LogP contribution in [-0.2, 0) is 6.42 Å². The number of hydrogen-bond donors (Lipinski definition) is 3. The van der Waals surface area contributed by atoms with Gasteiger partial charge >= 0.3 is 0 Å². The van der Waals surface area contributed by atoms with Gasteiger partial charge in [-0.1, -0.05) is 45.7 Å². The van der Waals surface area contributed by atoms with E-state index in [4.69, 9.17) is 11.6 Å². The Hall–Kier alpha value is -1.82. The molecule has 2 aromatic carbocycles. The van der Waals surface area contributed by atoms with E-state index in [9.17, 15) is 9.90 Å². The zero-order valence-electron chi connectivity index (χ0n) is 12.7. The maximum Gasteiger partial charge on any atom is 0.253 e. The van der Waals surface area contributed by atoms with E-state index in [2.05, 4.69) is 26.2 Å². The lowest BCUT2D eigenvalue weighted by molar-refractivity contribution is 0.0916. The summed E-state index contributed by atoms with van der Waals surface area (Å²) >= 11 is 9.42. The number of benzene rings is 2. The van der Waals surface area contributed by atoms with Crippen LogP contribution in [0, 0.1) is 0 Å². The predicted molar refractivity (Wildman–Crippen MR) is 99.5 cm³/mol. The van der Waals surface area contributed by atoms with Crippen LogP contribution in [0.25, 0.3) is 10.9 Å². The van der Waals surface area contributed by atoms with Gasteiger partial charge in [0.15, 0.2) is 0 Å². The molecule has 0 saturated heterocycles. The van der Waals surface area contributed by atoms with Crippen LogP contribution in [0.5, 0.6) is 0 Å². The molecule has 0 bridgehead atoms. The Kier molecular flexibility index (Phi) is 5.23. The van der Waals surface area contributed by atoms with E-state index in [1.807, 2.05) is 30.5 Å². The topological polar surface area (TPSA) is 65.1 Å². The maximum atomic E-state index is 12.4. The third-order valence-electron chi connectivity index (χ3n) is 3.87. The van der Waals surface area contributed by atoms with Crippen molar-refractivity contribution in [3.05, 3.63) is 69.3 Å². The molecule has 0 aliphatic heterocycles. The molecule has 4 nitrogen and oxygen atoms in total. The summed E-state index contributed by atoms with van der Waals surface area (Å²) in [7, 11) is 0. The number of hydrogen-bond acceptors (Lipinski definition) is 2. The van der Waals surface area contributed by atoms with E-state index in [1.165, 1.54) is 0 Å². The third-order valence-corrected chi connectivity index (χ3v) is 4.69. The van der Waals surface area contributed by atoms with E-state index in [1.54, 1.807) is 18.2 Å². The molecule has 0 spiro atoms. The number of amides is 1. The summed E-state index contributed by atoms with van der Waals surface area (Å²) in [5.74, 6) is -0.305. The van der Waals surface area contributed by atoms with Crippen LogP contribution in [0.2, 0.25) is 5.02 Å². The molecule has 1 atom stereocenters. The smallest absolute Gasteiger partial charge is 0.253 e. The Labute approximate surface area is 153 Å². The van der Waals surface area contributed by atoms with Crippen LogP contribution < -0.4 is 5.32 Å². The number of para-hydroxylation sites is 1. The minimum atomic E-state index is -0.397. The van der Waals surface area contributed by atoms with E-state index in [-0.39, 0.29) is 12.5 Å². The monoisotopic (exact) mass is 406 g/mol. The summed E-state index contributed by atoms with van der Waals surface area (Å²) in [6, 6.07) is 12.6. The number of aromatic amines is 1. The lowest BCUT2D eigenvalue weighted by Gasteiger charge is -2.16. The number of halogens is 2. The minimum absolute atomic E-state index is 0.156. The summed E-state index contributed by atoms with van der Waals surface area (Å²) in [6.45, 7) is -0.156. The van der Waals surface area contributed by atoms with Crippen molar-refractivity contribution < 1.29 is 9.90 Å². The van der Waals surface area contributed by atoms with Crippen molar-refractivity contribution in [2.75, 3.05) is 6.61 Å². The number of aromatic nitrogens is 1. The Balaban J connectivity index is 1.77. The maximum absolute atomic E-state index is 12.4. The highest BCUT2D eigenvalue weighted by molar-refractivity contribution is 9.10. The van der Waals surface area contributed by atoms with Crippen molar-refractivity contribution in [2.45, 2.75) is 12.5 Å². The summed E-state index contributed by atoms with van der Waals surface area (Å²) in [5, 5.41) is 14.0. The standard InChI is InChI=1S/C18H16BrClN2O2/c19-12-5-6-16(20)15(8-12)18(24)22-13(10-23)7-11-9-21-17-4-2-1-3-14(11)17/h1-6,8-9,13,21,23H,7,10H2,(H,22,24)/t13-/m1/s1. The summed E-state index contributed by atoms with van der Waals surface area (Å²) < 4.78 is 0.772. The lowest BCUT2D eigenvalue weighted by atomic mass is 10.0. The second-order valence-corrected chi connectivity index (χ2v) is 6.86. The first kappa shape index (κ1) is 17.0. The first-order chi connectivity index (χ1) is 11.6. The molecule has 0 unspecified atom stereocenters. The Morgan fingerprint density at radius 1 is 1.29 bits per heavy atom. The number of aliphatic hydroxyl groups excluding tert-OH is 1. The largest absolute Gasteiger partial charge is 0.394 e. The first-order valence-electron chi connectivity index (χ1n) is 7.50. The summed E-state index contributed by atoms with van der Waals surface area (Å²) in [5.41, 5.74) is 2.46. The first-order valence-corrected chi connectivity index (χ1v) is 8.67. The van der Waals surface area contributed by atoms with Crippen molar-refractivity contribution in [1.29, 1.82) is 0 Å². The zero-order valence-corrected chi connectivity index (χ0v) is 15.1. The van der Waals surface area contributed by atoms with Gasteiger partial charge in [0, 0.05) is 21.6 Å². The molecule has 24 heavy (non-hydrogen) atoms. The Morgan fingerprint density at radius 3 is 2.88 bits per heavy atom. The fraction of sp³-hybridized carbons (Fsp3) is 0.167. The molecule has 0 aliphatic rings. The number of nitrogens with one attached hydrogen (secondary N) is 2. The second-order valence-electron chi connectivity index (χ2n) is 5.54. The van der Waals surface area contributed by atoms with Crippen LogP contribution in [0.1, 0.15) is 15.9 Å². The molecule has 1 heterocycles. The molecule has 0 saturated carbocycles. The summed E-state index contributed by atoms with van der Waals surface area (Å²) in [4.78, 5) is 15.6. The lowest BCUT2D eigenvalue weighted by Crippen LogP contribution is -2.39. The molecular weight excluding hydrogens is 392 g/mol. The van der Waals surface area contributed by atoms with Gasteiger partial charge in [-0.05, 0) is 36.2 Å². The number of rotatable bonds is 5. The number of carbonyl (C=O) groups excluding carboxylic acids is 1. The van der Waals surface area contributed by atoms with E-state index in [0.717, 1.165) is 20.9 Å². The quantitative estimate of drug-likeness (QED) is 0.600. The van der Waals surface area contributed by atoms with Crippen molar-refractivity contribution in [3.8, 4) is 0 Å². The van der Waals surface area contributed by atoms with Crippen molar-refractivity contribution >= 4 is 44.3 Å². The van der Waals surface area contributed by atoms with E-state index >= 15 is 0 Å². The van der Waals surface area contributed by atoms with Crippen molar-refractivity contribution in [1.82, 2.24) is 10.3 Å². The van der Waals surface area contributed by atoms with Crippen LogP contribution in [-0.4, -0.2) is 28.6 Å². The van der Waals surface area contributed by atoms with E-state index < -0.39 is 6.04 Å². The number of H-pyrrole nitrogens is 1. The van der Waals surface area contributed by atoms with Crippen LogP contribution in [0.15, 0.2) is 53.1 Å². The molecule has 1 amide bonds. The molecule has 3 rings (SSSR count). The fourth-order valence-electron chi connectivity index (χ4n) is 2.66. The van der Waals surface area contributed by atoms with Crippen molar-refractivity contribution in [3.63, 3.8) is 0 Å². The van der Waals surface area contributed by atoms with Gasteiger partial charge in [-0.25, -0.2) is 0 Å². The minimum Gasteiger partial charge on any atom is -0.394 e. The highest BCUT2D eigenvalue weighted by Gasteiger charge is 2.17. The molecule has 0 aliphatic carbocycles. The SMILES string of the molecule is O=C(N[C@@H](CO)Cc1c[nH]c2ccccc12)c1cc(Br)ccc1Cl. The molecule has 124 valence electrons. The summed E-state index contributed by atoms with van der Waals surface area (Å²) in [6.07, 6.45) is 2.43. The Bertz CT molecular complexity index is 878. The zero-order chi connectivity index (χ0) is 17.1. The molecule has 3 aromatic rings. The average molecular weight is 408 g/mol. The van der Waals surface area contributed by atoms with Gasteiger partial charge in [0.2, 0.25) is 0 Å². The predicted octanol–water partition coefficient (Wildman–Crippen LogP) is 3.92. The highest BCUT2D eigenvalue weighted by Crippen LogP contribution is 2.22. The van der Waals surface area contributed by atoms with Crippen LogP contribution in [0.4, 0.5) is 0 Å². The van der Waals surface area contributed by atoms with Gasteiger partial charge in [0.1, 0.15) is 0 Å². The second kappa shape index (κ2) is 7.38. The van der Waals surface area contributed by atoms with E-state index in [0.29, 0.717) is 17.0 Å². The van der Waals surface area contributed by atoms with Crippen LogP contribution in [0.3, 0.4) is 0 Å². The molecule has 0 fully saturated rings. The number of carbonyl (C=O) groups is 1. The van der Waals surface area contributed by atoms with Gasteiger partial charge < -0.3 is 15.4 Å². The van der Waals surface area contributed by atoms with Crippen molar-refractivity contribution in [2.24, 2.45) is 0 Å². The average Bonchev–Trinajstić information content (AvgIpc) is 2.99.